The molecule has 0 N–H and O–H groups in total. The molecule has 0 unspecified atom stereocenters. The van der Waals surface area contributed by atoms with E-state index in [-0.39, 0.29) is 11.3 Å². The van der Waals surface area contributed by atoms with Crippen molar-refractivity contribution in [3.05, 3.63) is 5.28 Å². The zero-order valence-corrected chi connectivity index (χ0v) is 9.36. The van der Waals surface area contributed by atoms with Crippen molar-refractivity contribution in [3.63, 3.8) is 0 Å². The zero-order chi connectivity index (χ0) is 11.0. The van der Waals surface area contributed by atoms with Crippen molar-refractivity contribution in [2.24, 2.45) is 0 Å². The van der Waals surface area contributed by atoms with E-state index in [4.69, 9.17) is 16.3 Å². The van der Waals surface area contributed by atoms with Gasteiger partial charge in [0, 0.05) is 0 Å². The predicted octanol–water partition coefficient (Wildman–Crippen LogP) is 1.46. The van der Waals surface area contributed by atoms with Gasteiger partial charge >= 0.3 is 0 Å². The highest BCUT2D eigenvalue weighted by Gasteiger charge is 2.14. The van der Waals surface area contributed by atoms with Gasteiger partial charge in [0.05, 0.1) is 13.2 Å². The van der Waals surface area contributed by atoms with Crippen LogP contribution >= 0.6 is 11.6 Å². The van der Waals surface area contributed by atoms with Crippen LogP contribution in [0.4, 0.5) is 0 Å². The molecule has 0 aliphatic carbocycles. The molecule has 0 aromatic carbocycles. The Morgan fingerprint density at radius 2 is 2.00 bits per heavy atom. The largest absolute Gasteiger partial charge is 0.479 e. The fourth-order valence-corrected chi connectivity index (χ4v) is 1.31. The summed E-state index contributed by atoms with van der Waals surface area (Å²) in [5, 5.41) is 8.50. The lowest BCUT2D eigenvalue weighted by Gasteiger charge is -1.99. The second-order valence-corrected chi connectivity index (χ2v) is 3.63. The van der Waals surface area contributed by atoms with Gasteiger partial charge in [0.25, 0.3) is 0 Å². The number of fused-ring (bicyclic) bond motifs is 1. The Hall–Kier alpha value is -1.43. The van der Waals surface area contributed by atoms with Gasteiger partial charge in [-0.15, -0.1) is 10.2 Å². The summed E-state index contributed by atoms with van der Waals surface area (Å²) in [6, 6.07) is 0.155. The molecule has 2 aromatic rings. The summed E-state index contributed by atoms with van der Waals surface area (Å²) in [6.45, 7) is 3.95. The van der Waals surface area contributed by atoms with E-state index < -0.39 is 0 Å². The van der Waals surface area contributed by atoms with Crippen molar-refractivity contribution in [2.75, 3.05) is 7.11 Å². The summed E-state index contributed by atoms with van der Waals surface area (Å²) >= 11 is 5.71. The van der Waals surface area contributed by atoms with E-state index in [1.807, 2.05) is 13.8 Å². The lowest BCUT2D eigenvalue weighted by molar-refractivity contribution is 0.400. The van der Waals surface area contributed by atoms with Crippen molar-refractivity contribution in [3.8, 4) is 5.88 Å². The number of nitrogens with zero attached hydrogens (tertiary/aromatic N) is 5. The van der Waals surface area contributed by atoms with Gasteiger partial charge in [-0.1, -0.05) is 0 Å². The Balaban J connectivity index is 2.68. The van der Waals surface area contributed by atoms with Crippen molar-refractivity contribution < 1.29 is 4.74 Å². The van der Waals surface area contributed by atoms with Gasteiger partial charge in [0.1, 0.15) is 0 Å². The van der Waals surface area contributed by atoms with E-state index >= 15 is 0 Å². The Bertz CT molecular complexity index is 495. The van der Waals surface area contributed by atoms with Gasteiger partial charge in [-0.2, -0.15) is 14.8 Å². The first-order valence-electron chi connectivity index (χ1n) is 4.46. The second-order valence-electron chi connectivity index (χ2n) is 3.29. The first-order chi connectivity index (χ1) is 7.11. The highest BCUT2D eigenvalue weighted by Crippen LogP contribution is 2.21. The van der Waals surface area contributed by atoms with Gasteiger partial charge in [0.15, 0.2) is 5.52 Å². The van der Waals surface area contributed by atoms with Crippen LogP contribution in [0.5, 0.6) is 5.88 Å². The van der Waals surface area contributed by atoms with E-state index in [9.17, 15) is 0 Å². The van der Waals surface area contributed by atoms with Crippen LogP contribution in [0.15, 0.2) is 0 Å². The van der Waals surface area contributed by atoms with Crippen LogP contribution in [0, 0.1) is 0 Å². The second kappa shape index (κ2) is 3.62. The number of aromatic nitrogens is 5. The van der Waals surface area contributed by atoms with Crippen LogP contribution in [-0.4, -0.2) is 32.1 Å². The van der Waals surface area contributed by atoms with Crippen molar-refractivity contribution in [1.29, 1.82) is 0 Å². The van der Waals surface area contributed by atoms with Crippen LogP contribution in [0.25, 0.3) is 11.2 Å². The molecule has 0 radical (unpaired) electrons. The molecule has 2 heterocycles. The molecule has 0 atom stereocenters. The van der Waals surface area contributed by atoms with Crippen LogP contribution < -0.4 is 4.74 Å². The zero-order valence-electron chi connectivity index (χ0n) is 8.60. The van der Waals surface area contributed by atoms with Crippen molar-refractivity contribution in [2.45, 2.75) is 19.9 Å². The Labute approximate surface area is 91.2 Å². The maximum atomic E-state index is 5.71. The van der Waals surface area contributed by atoms with Crippen molar-refractivity contribution >= 4 is 22.8 Å². The molecule has 0 amide bonds. The third kappa shape index (κ3) is 1.72. The van der Waals surface area contributed by atoms with Crippen LogP contribution in [-0.2, 0) is 0 Å². The van der Waals surface area contributed by atoms with E-state index in [0.717, 1.165) is 0 Å². The maximum absolute atomic E-state index is 5.71. The molecule has 0 spiro atoms. The molecule has 0 bridgehead atoms. The first kappa shape index (κ1) is 10.1. The smallest absolute Gasteiger partial charge is 0.248 e. The summed E-state index contributed by atoms with van der Waals surface area (Å²) in [5.41, 5.74) is 0.969. The quantitative estimate of drug-likeness (QED) is 0.727. The molecule has 0 saturated carbocycles. The maximum Gasteiger partial charge on any atom is 0.248 e. The molecule has 6 nitrogen and oxygen atoms in total. The molecular formula is C8H10ClN5O. The molecule has 2 rings (SSSR count). The minimum absolute atomic E-state index is 0.107. The third-order valence-corrected chi connectivity index (χ3v) is 2.03. The monoisotopic (exact) mass is 227 g/mol. The summed E-state index contributed by atoms with van der Waals surface area (Å²) in [4.78, 5) is 9.43. The number of ether oxygens (including phenoxy) is 1. The fourth-order valence-electron chi connectivity index (χ4n) is 1.15. The summed E-state index contributed by atoms with van der Waals surface area (Å²) in [6.07, 6.45) is 0. The summed E-state index contributed by atoms with van der Waals surface area (Å²) < 4.78 is 5.05. The van der Waals surface area contributed by atoms with E-state index in [2.05, 4.69) is 20.2 Å². The average molecular weight is 228 g/mol. The molecule has 7 heteroatoms. The highest BCUT2D eigenvalue weighted by atomic mass is 35.5. The van der Waals surface area contributed by atoms with Gasteiger partial charge in [-0.05, 0) is 25.4 Å². The van der Waals surface area contributed by atoms with Gasteiger partial charge in [-0.25, -0.2) is 0 Å². The predicted molar refractivity (Wildman–Crippen MR) is 55.1 cm³/mol. The lowest BCUT2D eigenvalue weighted by atomic mass is 10.4. The molecule has 0 aliphatic heterocycles. The number of methoxy groups -OCH3 is 1. The van der Waals surface area contributed by atoms with Gasteiger partial charge < -0.3 is 4.74 Å². The lowest BCUT2D eigenvalue weighted by Crippen LogP contribution is -2.04. The van der Waals surface area contributed by atoms with Crippen LogP contribution in [0.3, 0.4) is 0 Å². The molecule has 0 fully saturated rings. The van der Waals surface area contributed by atoms with E-state index in [0.29, 0.717) is 17.0 Å². The Morgan fingerprint density at radius 1 is 1.27 bits per heavy atom. The SMILES string of the molecule is COc1nc(Cl)nc2nn(C(C)C)nc12. The molecular weight excluding hydrogens is 218 g/mol. The molecule has 0 saturated heterocycles. The van der Waals surface area contributed by atoms with E-state index in [1.54, 1.807) is 4.80 Å². The Morgan fingerprint density at radius 3 is 2.60 bits per heavy atom. The minimum Gasteiger partial charge on any atom is -0.479 e. The molecule has 15 heavy (non-hydrogen) atoms. The minimum atomic E-state index is 0.107. The van der Waals surface area contributed by atoms with E-state index in [1.165, 1.54) is 7.11 Å². The van der Waals surface area contributed by atoms with Crippen LogP contribution in [0.1, 0.15) is 19.9 Å². The van der Waals surface area contributed by atoms with Gasteiger partial charge in [0.2, 0.25) is 16.8 Å². The number of hydrogen-bond donors (Lipinski definition) is 0. The normalized spacial score (nSPS) is 11.3. The standard InChI is InChI=1S/C8H10ClN5O/c1-4(2)14-12-5-6(13-14)10-8(9)11-7(5)15-3/h4H,1-3H3. The topological polar surface area (TPSA) is 65.7 Å². The summed E-state index contributed by atoms with van der Waals surface area (Å²) in [5.74, 6) is 0.344. The Kier molecular flexibility index (Phi) is 2.44. The highest BCUT2D eigenvalue weighted by molar-refractivity contribution is 6.28. The third-order valence-electron chi connectivity index (χ3n) is 1.86. The molecule has 0 aliphatic rings. The average Bonchev–Trinajstić information content (AvgIpc) is 2.59. The number of rotatable bonds is 2. The number of hydrogen-bond acceptors (Lipinski definition) is 5. The van der Waals surface area contributed by atoms with Gasteiger partial charge in [-0.3, -0.25) is 0 Å². The summed E-state index contributed by atoms with van der Waals surface area (Å²) in [7, 11) is 1.51. The molecule has 80 valence electrons. The first-order valence-corrected chi connectivity index (χ1v) is 4.83. The van der Waals surface area contributed by atoms with Crippen molar-refractivity contribution in [1.82, 2.24) is 25.0 Å². The fraction of sp³-hybridized carbons (Fsp3) is 0.500. The van der Waals surface area contributed by atoms with Crippen LogP contribution in [0.2, 0.25) is 5.28 Å². The number of halogens is 1. The molecule has 2 aromatic heterocycles.